The molecule has 2 N–H and O–H groups in total. The number of anilines is 1. The number of carbonyl (C=O) groups is 1. The Morgan fingerprint density at radius 2 is 2.24 bits per heavy atom. The monoisotopic (exact) mass is 305 g/mol. The molecule has 0 saturated carbocycles. The first-order valence-electron chi connectivity index (χ1n) is 7.26. The highest BCUT2D eigenvalue weighted by Crippen LogP contribution is 2.43. The highest BCUT2D eigenvalue weighted by atomic mass is 32.1. The van der Waals surface area contributed by atoms with Gasteiger partial charge in [0.05, 0.1) is 5.39 Å². The molecule has 2 atom stereocenters. The van der Waals surface area contributed by atoms with E-state index in [1.807, 2.05) is 6.92 Å². The number of nitrogens with one attached hydrogen (secondary N) is 1. The number of fused-ring (bicyclic) bond motifs is 3. The van der Waals surface area contributed by atoms with Crippen molar-refractivity contribution in [2.45, 2.75) is 52.0 Å². The van der Waals surface area contributed by atoms with Crippen molar-refractivity contribution >= 4 is 33.3 Å². The Labute approximate surface area is 127 Å². The van der Waals surface area contributed by atoms with Crippen LogP contribution in [0.15, 0.2) is 0 Å². The number of carboxylic acids is 1. The van der Waals surface area contributed by atoms with Gasteiger partial charge in [-0.2, -0.15) is 0 Å². The fraction of sp³-hybridized carbons (Fsp3) is 0.533. The van der Waals surface area contributed by atoms with Crippen molar-refractivity contribution in [3.8, 4) is 0 Å². The second-order valence-corrected chi connectivity index (χ2v) is 6.82. The highest BCUT2D eigenvalue weighted by Gasteiger charge is 2.26. The summed E-state index contributed by atoms with van der Waals surface area (Å²) in [7, 11) is 0. The van der Waals surface area contributed by atoms with Crippen LogP contribution in [0.2, 0.25) is 0 Å². The summed E-state index contributed by atoms with van der Waals surface area (Å²) < 4.78 is 0. The summed E-state index contributed by atoms with van der Waals surface area (Å²) in [5.41, 5.74) is 1.32. The molecule has 1 aliphatic rings. The van der Waals surface area contributed by atoms with Crippen LogP contribution in [-0.2, 0) is 11.2 Å². The van der Waals surface area contributed by atoms with Gasteiger partial charge in [-0.25, -0.2) is 9.97 Å². The average Bonchev–Trinajstić information content (AvgIpc) is 2.77. The average molecular weight is 305 g/mol. The number of rotatable bonds is 3. The van der Waals surface area contributed by atoms with Gasteiger partial charge >= 0.3 is 5.97 Å². The van der Waals surface area contributed by atoms with Crippen LogP contribution in [0, 0.1) is 6.92 Å². The molecule has 2 aromatic heterocycles. The second kappa shape index (κ2) is 5.26. The van der Waals surface area contributed by atoms with Crippen LogP contribution in [0.25, 0.3) is 10.2 Å². The van der Waals surface area contributed by atoms with E-state index in [4.69, 9.17) is 5.11 Å². The molecule has 0 saturated heterocycles. The summed E-state index contributed by atoms with van der Waals surface area (Å²) in [6, 6.07) is -0.669. The smallest absolute Gasteiger partial charge is 0.325 e. The molecule has 0 radical (unpaired) electrons. The number of hydrogen-bond acceptors (Lipinski definition) is 5. The first kappa shape index (κ1) is 14.3. The highest BCUT2D eigenvalue weighted by molar-refractivity contribution is 7.19. The zero-order chi connectivity index (χ0) is 15.1. The van der Waals surface area contributed by atoms with E-state index in [2.05, 4.69) is 22.2 Å². The van der Waals surface area contributed by atoms with Crippen molar-refractivity contribution in [1.82, 2.24) is 9.97 Å². The van der Waals surface area contributed by atoms with Crippen LogP contribution in [-0.4, -0.2) is 27.1 Å². The van der Waals surface area contributed by atoms with Crippen LogP contribution >= 0.6 is 11.3 Å². The second-order valence-electron chi connectivity index (χ2n) is 5.74. The normalized spacial score (nSPS) is 19.3. The molecular formula is C15H19N3O2S. The minimum Gasteiger partial charge on any atom is -0.480 e. The van der Waals surface area contributed by atoms with Gasteiger partial charge in [-0.1, -0.05) is 6.92 Å². The van der Waals surface area contributed by atoms with Crippen molar-refractivity contribution in [3.63, 3.8) is 0 Å². The number of hydrogen-bond donors (Lipinski definition) is 2. The lowest BCUT2D eigenvalue weighted by atomic mass is 9.87. The number of aromatic nitrogens is 2. The van der Waals surface area contributed by atoms with Gasteiger partial charge in [-0.15, -0.1) is 11.3 Å². The van der Waals surface area contributed by atoms with E-state index in [1.54, 1.807) is 18.3 Å². The molecule has 112 valence electrons. The van der Waals surface area contributed by atoms with Gasteiger partial charge in [-0.3, -0.25) is 4.79 Å². The Balaban J connectivity index is 2.18. The standard InChI is InChI=1S/C15H19N3O2S/c1-7-5-4-6-10-11(7)12-13(16-8(2)15(19)20)17-9(3)18-14(12)21-10/h7-8H,4-6H2,1-3H3,(H,19,20)(H,16,17,18)/t7-,8+/m0/s1. The van der Waals surface area contributed by atoms with E-state index in [0.717, 1.165) is 16.6 Å². The SMILES string of the molecule is Cc1nc(N[C@H](C)C(=O)O)c2c3c(sc2n1)CCC[C@@H]3C. The molecule has 0 bridgehead atoms. The van der Waals surface area contributed by atoms with Crippen LogP contribution in [0.4, 0.5) is 5.82 Å². The molecule has 2 heterocycles. The van der Waals surface area contributed by atoms with Crippen molar-refractivity contribution < 1.29 is 9.90 Å². The van der Waals surface area contributed by atoms with Gasteiger partial charge in [-0.05, 0) is 44.6 Å². The molecule has 0 amide bonds. The summed E-state index contributed by atoms with van der Waals surface area (Å²) >= 11 is 1.73. The number of thiophene rings is 1. The molecule has 0 fully saturated rings. The van der Waals surface area contributed by atoms with Crippen molar-refractivity contribution in [3.05, 3.63) is 16.3 Å². The zero-order valence-electron chi connectivity index (χ0n) is 12.4. The first-order chi connectivity index (χ1) is 9.97. The number of aryl methyl sites for hydroxylation is 2. The minimum absolute atomic E-state index is 0.481. The van der Waals surface area contributed by atoms with Crippen LogP contribution in [0.1, 0.15) is 48.9 Å². The molecule has 0 aliphatic heterocycles. The largest absolute Gasteiger partial charge is 0.480 e. The molecule has 2 aromatic rings. The predicted octanol–water partition coefficient (Wildman–Crippen LogP) is 3.32. The van der Waals surface area contributed by atoms with E-state index in [1.165, 1.54) is 23.3 Å². The molecule has 0 unspecified atom stereocenters. The van der Waals surface area contributed by atoms with Crippen molar-refractivity contribution in [2.24, 2.45) is 0 Å². The van der Waals surface area contributed by atoms with Gasteiger partial charge < -0.3 is 10.4 Å². The molecule has 1 aliphatic carbocycles. The number of carboxylic acid groups (broad SMARTS) is 1. The first-order valence-corrected chi connectivity index (χ1v) is 8.08. The van der Waals surface area contributed by atoms with E-state index in [-0.39, 0.29) is 0 Å². The van der Waals surface area contributed by atoms with Gasteiger partial charge in [0.15, 0.2) is 0 Å². The molecule has 21 heavy (non-hydrogen) atoms. The number of aliphatic carboxylic acids is 1. The van der Waals surface area contributed by atoms with Gasteiger partial charge in [0.1, 0.15) is 22.5 Å². The molecule has 3 rings (SSSR count). The topological polar surface area (TPSA) is 75.1 Å². The Bertz CT molecular complexity index is 710. The Hall–Kier alpha value is -1.69. The van der Waals surface area contributed by atoms with Crippen LogP contribution in [0.5, 0.6) is 0 Å². The maximum Gasteiger partial charge on any atom is 0.325 e. The summed E-state index contributed by atoms with van der Waals surface area (Å²) in [5.74, 6) is 0.943. The van der Waals surface area contributed by atoms with Crippen LogP contribution < -0.4 is 5.32 Å². The van der Waals surface area contributed by atoms with E-state index in [0.29, 0.717) is 17.6 Å². The lowest BCUT2D eigenvalue weighted by Crippen LogP contribution is -2.26. The summed E-state index contributed by atoms with van der Waals surface area (Å²) in [4.78, 5) is 22.5. The lowest BCUT2D eigenvalue weighted by Gasteiger charge is -2.20. The van der Waals surface area contributed by atoms with Gasteiger partial charge in [0.2, 0.25) is 0 Å². The summed E-state index contributed by atoms with van der Waals surface area (Å²) in [6.45, 7) is 5.71. The Morgan fingerprint density at radius 3 is 2.95 bits per heavy atom. The third-order valence-electron chi connectivity index (χ3n) is 4.03. The zero-order valence-corrected chi connectivity index (χ0v) is 13.3. The summed E-state index contributed by atoms with van der Waals surface area (Å²) in [6.07, 6.45) is 3.47. The molecule has 5 nitrogen and oxygen atoms in total. The molecule has 6 heteroatoms. The van der Waals surface area contributed by atoms with E-state index >= 15 is 0 Å². The quantitative estimate of drug-likeness (QED) is 0.909. The van der Waals surface area contributed by atoms with Crippen LogP contribution in [0.3, 0.4) is 0 Å². The van der Waals surface area contributed by atoms with Crippen molar-refractivity contribution in [2.75, 3.05) is 5.32 Å². The van der Waals surface area contributed by atoms with Gasteiger partial charge in [0.25, 0.3) is 0 Å². The Kier molecular flexibility index (Phi) is 3.57. The Morgan fingerprint density at radius 1 is 1.48 bits per heavy atom. The summed E-state index contributed by atoms with van der Waals surface area (Å²) in [5, 5.41) is 13.2. The van der Waals surface area contributed by atoms with E-state index < -0.39 is 12.0 Å². The third kappa shape index (κ3) is 2.48. The molecule has 0 aromatic carbocycles. The van der Waals surface area contributed by atoms with Gasteiger partial charge in [0, 0.05) is 4.88 Å². The predicted molar refractivity (Wildman–Crippen MR) is 84.2 cm³/mol. The number of nitrogens with zero attached hydrogens (tertiary/aromatic N) is 2. The van der Waals surface area contributed by atoms with Crippen molar-refractivity contribution in [1.29, 1.82) is 0 Å². The molecule has 0 spiro atoms. The molecular weight excluding hydrogens is 286 g/mol. The minimum atomic E-state index is -0.878. The third-order valence-corrected chi connectivity index (χ3v) is 5.19. The maximum absolute atomic E-state index is 11.1. The maximum atomic E-state index is 11.1. The fourth-order valence-electron chi connectivity index (χ4n) is 2.97. The van der Waals surface area contributed by atoms with E-state index in [9.17, 15) is 4.79 Å². The fourth-order valence-corrected chi connectivity index (χ4v) is 4.35. The lowest BCUT2D eigenvalue weighted by molar-refractivity contribution is -0.137.